The van der Waals surface area contributed by atoms with Crippen LogP contribution < -0.4 is 5.32 Å². The molecule has 3 heteroatoms. The van der Waals surface area contributed by atoms with Gasteiger partial charge in [-0.05, 0) is 6.42 Å². The Morgan fingerprint density at radius 2 is 1.32 bits per heavy atom. The molecule has 106 valence electrons. The number of hydrogen-bond donors (Lipinski definition) is 1. The van der Waals surface area contributed by atoms with Crippen LogP contribution in [-0.4, -0.2) is 16.5 Å². The summed E-state index contributed by atoms with van der Waals surface area (Å²) in [6.07, 6.45) is 4.09. The van der Waals surface area contributed by atoms with Gasteiger partial charge in [-0.2, -0.15) is 0 Å². The van der Waals surface area contributed by atoms with Crippen molar-refractivity contribution in [2.75, 3.05) is 11.9 Å². The largest absolute Gasteiger partial charge is 0.368 e. The summed E-state index contributed by atoms with van der Waals surface area (Å²) in [5.41, 5.74) is 4.88. The number of fused-ring (bicyclic) bond motifs is 1. The van der Waals surface area contributed by atoms with E-state index < -0.39 is 0 Å². The minimum Gasteiger partial charge on any atom is -0.368 e. The molecule has 0 saturated carbocycles. The molecule has 0 fully saturated rings. The summed E-state index contributed by atoms with van der Waals surface area (Å²) in [5, 5.41) is 3.29. The summed E-state index contributed by atoms with van der Waals surface area (Å²) >= 11 is 0. The number of rotatable bonds is 2. The van der Waals surface area contributed by atoms with Crippen LogP contribution in [0.1, 0.15) is 5.69 Å². The van der Waals surface area contributed by atoms with Gasteiger partial charge in [0.2, 0.25) is 0 Å². The Morgan fingerprint density at radius 3 is 1.95 bits per heavy atom. The first-order chi connectivity index (χ1) is 10.9. The highest BCUT2D eigenvalue weighted by Gasteiger charge is 2.18. The van der Waals surface area contributed by atoms with Crippen LogP contribution in [0.2, 0.25) is 0 Å². The normalized spacial score (nSPS) is 13.3. The predicted molar refractivity (Wildman–Crippen MR) is 89.1 cm³/mol. The van der Waals surface area contributed by atoms with E-state index in [9.17, 15) is 0 Å². The van der Waals surface area contributed by atoms with Gasteiger partial charge in [-0.3, -0.25) is 0 Å². The molecule has 2 heterocycles. The fraction of sp³-hybridized carbons (Fsp3) is 0.0526. The molecule has 4 rings (SSSR count). The van der Waals surface area contributed by atoms with E-state index >= 15 is 0 Å². The summed E-state index contributed by atoms with van der Waals surface area (Å²) < 4.78 is 0. The molecule has 1 aromatic heterocycles. The van der Waals surface area contributed by atoms with Gasteiger partial charge in [-0.1, -0.05) is 60.7 Å². The molecule has 0 amide bonds. The fourth-order valence-corrected chi connectivity index (χ4v) is 2.62. The molecule has 2 aromatic carbocycles. The Morgan fingerprint density at radius 1 is 0.727 bits per heavy atom. The molecule has 1 aliphatic rings. The van der Waals surface area contributed by atoms with Crippen LogP contribution in [-0.2, 0) is 0 Å². The van der Waals surface area contributed by atoms with Crippen LogP contribution >= 0.6 is 0 Å². The van der Waals surface area contributed by atoms with Gasteiger partial charge in [0, 0.05) is 24.1 Å². The Hall–Kier alpha value is -2.68. The SMILES string of the molecule is [CH]1[CH]c2nc(-c3ccccc3)c(-c3ccccc3)nc2NC1. The molecule has 0 bridgehead atoms. The standard InChI is InChI=1S/C19H15N3/c1-3-8-14(9-4-1)17-18(15-10-5-2-6-11-15)22-19-16(21-17)12-7-13-20-19/h1-12H,13H2,(H,20,22). The van der Waals surface area contributed by atoms with Crippen molar-refractivity contribution in [1.29, 1.82) is 0 Å². The Labute approximate surface area is 130 Å². The number of anilines is 1. The molecule has 0 atom stereocenters. The van der Waals surface area contributed by atoms with E-state index in [1.54, 1.807) is 0 Å². The van der Waals surface area contributed by atoms with Gasteiger partial charge in [0.1, 0.15) is 5.82 Å². The van der Waals surface area contributed by atoms with Crippen molar-refractivity contribution < 1.29 is 0 Å². The van der Waals surface area contributed by atoms with Gasteiger partial charge in [0.15, 0.2) is 0 Å². The first-order valence-electron chi connectivity index (χ1n) is 7.35. The van der Waals surface area contributed by atoms with Crippen LogP contribution in [0.25, 0.3) is 22.5 Å². The Balaban J connectivity index is 1.95. The summed E-state index contributed by atoms with van der Waals surface area (Å²) in [4.78, 5) is 9.68. The predicted octanol–water partition coefficient (Wildman–Crippen LogP) is 3.99. The maximum atomic E-state index is 4.85. The van der Waals surface area contributed by atoms with Crippen molar-refractivity contribution in [3.05, 3.63) is 79.2 Å². The third-order valence-electron chi connectivity index (χ3n) is 3.68. The van der Waals surface area contributed by atoms with Gasteiger partial charge in [-0.15, -0.1) is 0 Å². The third-order valence-corrected chi connectivity index (χ3v) is 3.68. The Bertz CT molecular complexity index is 714. The molecule has 3 nitrogen and oxygen atoms in total. The second kappa shape index (κ2) is 5.60. The summed E-state index contributed by atoms with van der Waals surface area (Å²) in [7, 11) is 0. The molecular formula is C19H15N3. The van der Waals surface area contributed by atoms with Crippen molar-refractivity contribution >= 4 is 5.82 Å². The molecule has 0 saturated heterocycles. The molecule has 1 aliphatic heterocycles. The van der Waals surface area contributed by atoms with Crippen LogP contribution in [0, 0.1) is 12.8 Å². The zero-order valence-corrected chi connectivity index (χ0v) is 12.0. The summed E-state index contributed by atoms with van der Waals surface area (Å²) in [6, 6.07) is 20.4. The Kier molecular flexibility index (Phi) is 3.31. The highest BCUT2D eigenvalue weighted by atomic mass is 15.0. The number of aromatic nitrogens is 2. The second-order valence-corrected chi connectivity index (χ2v) is 5.17. The van der Waals surface area contributed by atoms with E-state index in [1.165, 1.54) is 0 Å². The van der Waals surface area contributed by atoms with E-state index in [1.807, 2.05) is 42.8 Å². The number of hydrogen-bond acceptors (Lipinski definition) is 3. The summed E-state index contributed by atoms with van der Waals surface area (Å²) in [6.45, 7) is 0.792. The number of benzene rings is 2. The van der Waals surface area contributed by atoms with Crippen molar-refractivity contribution in [3.8, 4) is 22.5 Å². The zero-order valence-electron chi connectivity index (χ0n) is 12.0. The highest BCUT2D eigenvalue weighted by Crippen LogP contribution is 2.32. The maximum absolute atomic E-state index is 4.85. The molecule has 2 radical (unpaired) electrons. The molecule has 0 aliphatic carbocycles. The van der Waals surface area contributed by atoms with E-state index in [-0.39, 0.29) is 0 Å². The van der Waals surface area contributed by atoms with E-state index in [4.69, 9.17) is 9.97 Å². The molecule has 0 unspecified atom stereocenters. The average Bonchev–Trinajstić information content (AvgIpc) is 2.62. The van der Waals surface area contributed by atoms with Crippen LogP contribution in [0.3, 0.4) is 0 Å². The van der Waals surface area contributed by atoms with Gasteiger partial charge in [0.05, 0.1) is 17.1 Å². The zero-order chi connectivity index (χ0) is 14.8. The van der Waals surface area contributed by atoms with E-state index in [0.29, 0.717) is 0 Å². The van der Waals surface area contributed by atoms with Gasteiger partial charge in [0.25, 0.3) is 0 Å². The minimum absolute atomic E-state index is 0.792. The van der Waals surface area contributed by atoms with Crippen LogP contribution in [0.15, 0.2) is 60.7 Å². The smallest absolute Gasteiger partial charge is 0.148 e. The van der Waals surface area contributed by atoms with Gasteiger partial charge in [-0.25, -0.2) is 9.97 Å². The quantitative estimate of drug-likeness (QED) is 0.773. The lowest BCUT2D eigenvalue weighted by Gasteiger charge is -2.19. The number of nitrogens with zero attached hydrogens (tertiary/aromatic N) is 2. The monoisotopic (exact) mass is 285 g/mol. The van der Waals surface area contributed by atoms with Crippen LogP contribution in [0.5, 0.6) is 0 Å². The van der Waals surface area contributed by atoms with E-state index in [0.717, 1.165) is 40.6 Å². The summed E-state index contributed by atoms with van der Waals surface area (Å²) in [5.74, 6) is 0.848. The average molecular weight is 285 g/mol. The van der Waals surface area contributed by atoms with Crippen molar-refractivity contribution in [1.82, 2.24) is 9.97 Å². The third kappa shape index (κ3) is 2.35. The van der Waals surface area contributed by atoms with Crippen molar-refractivity contribution in [3.63, 3.8) is 0 Å². The molecule has 1 N–H and O–H groups in total. The van der Waals surface area contributed by atoms with Crippen molar-refractivity contribution in [2.24, 2.45) is 0 Å². The highest BCUT2D eigenvalue weighted by molar-refractivity contribution is 5.79. The lowest BCUT2D eigenvalue weighted by molar-refractivity contribution is 1.04. The molecule has 3 aromatic rings. The minimum atomic E-state index is 0.792. The van der Waals surface area contributed by atoms with Crippen LogP contribution in [0.4, 0.5) is 5.82 Å². The lowest BCUT2D eigenvalue weighted by Crippen LogP contribution is -2.15. The first kappa shape index (κ1) is 13.0. The molecule has 22 heavy (non-hydrogen) atoms. The maximum Gasteiger partial charge on any atom is 0.148 e. The fourth-order valence-electron chi connectivity index (χ4n) is 2.62. The van der Waals surface area contributed by atoms with Crippen molar-refractivity contribution in [2.45, 2.75) is 0 Å². The van der Waals surface area contributed by atoms with Gasteiger partial charge >= 0.3 is 0 Å². The van der Waals surface area contributed by atoms with E-state index in [2.05, 4.69) is 36.0 Å². The lowest BCUT2D eigenvalue weighted by atomic mass is 10.0. The topological polar surface area (TPSA) is 37.8 Å². The van der Waals surface area contributed by atoms with Gasteiger partial charge < -0.3 is 5.32 Å². The molecular weight excluding hydrogens is 270 g/mol. The molecule has 0 spiro atoms. The number of nitrogens with one attached hydrogen (secondary N) is 1. The first-order valence-corrected chi connectivity index (χ1v) is 7.35. The second-order valence-electron chi connectivity index (χ2n) is 5.17.